The molecule has 3 aromatic rings. The lowest BCUT2D eigenvalue weighted by Gasteiger charge is -2.32. The van der Waals surface area contributed by atoms with Crippen LogP contribution in [0.25, 0.3) is 17.0 Å². The molecule has 7 nitrogen and oxygen atoms in total. The molecule has 0 bridgehead atoms. The first-order chi connectivity index (χ1) is 19.4. The Morgan fingerprint density at radius 3 is 2.70 bits per heavy atom. The first-order valence-electron chi connectivity index (χ1n) is 14.0. The van der Waals surface area contributed by atoms with Gasteiger partial charge in [0.2, 0.25) is 5.91 Å². The van der Waals surface area contributed by atoms with Crippen molar-refractivity contribution in [3.05, 3.63) is 75.9 Å². The molecule has 1 aliphatic rings. The van der Waals surface area contributed by atoms with E-state index >= 15 is 0 Å². The zero-order chi connectivity index (χ0) is 28.3. The molecule has 4 rings (SSSR count). The monoisotopic (exact) mass is 584 g/mol. The highest BCUT2D eigenvalue weighted by Crippen LogP contribution is 2.33. The topological polar surface area (TPSA) is 77.7 Å². The zero-order valence-electron chi connectivity index (χ0n) is 23.0. The van der Waals surface area contributed by atoms with Gasteiger partial charge in [0, 0.05) is 49.9 Å². The molecule has 1 saturated heterocycles. The van der Waals surface area contributed by atoms with Crippen molar-refractivity contribution >= 4 is 52.2 Å². The minimum atomic E-state index is -0.283. The summed E-state index contributed by atoms with van der Waals surface area (Å²) in [5.74, 6) is 0.412. The van der Waals surface area contributed by atoms with Crippen molar-refractivity contribution < 1.29 is 14.3 Å². The molecule has 0 saturated carbocycles. The summed E-state index contributed by atoms with van der Waals surface area (Å²) in [6, 6.07) is 13.7. The largest absolute Gasteiger partial charge is 0.449 e. The molecule has 214 valence electrons. The van der Waals surface area contributed by atoms with Crippen LogP contribution in [0.3, 0.4) is 0 Å². The minimum Gasteiger partial charge on any atom is -0.449 e. The van der Waals surface area contributed by atoms with Crippen LogP contribution in [0.15, 0.2) is 54.7 Å². The van der Waals surface area contributed by atoms with Crippen LogP contribution < -0.4 is 5.32 Å². The standard InChI is InChI=1S/C31H38Cl2N4O3/c1-36(18-19-37-16-13-24(14-17-37)26-22-35-29-8-4-3-7-25(26)29)31(39)40-20-6-2-5-15-34-30(38)12-10-23-9-11-27(32)28(33)21-23/h3-4,7-12,21-22,24,35H,2,5-6,13-20H2,1H3,(H,34,38)/b12-10+. The van der Waals surface area contributed by atoms with Gasteiger partial charge in [-0.2, -0.15) is 0 Å². The van der Waals surface area contributed by atoms with Crippen molar-refractivity contribution in [3.63, 3.8) is 0 Å². The van der Waals surface area contributed by atoms with Gasteiger partial charge in [0.15, 0.2) is 0 Å². The Morgan fingerprint density at radius 2 is 1.90 bits per heavy atom. The number of hydrogen-bond donors (Lipinski definition) is 2. The molecular formula is C31H38Cl2N4O3. The molecule has 40 heavy (non-hydrogen) atoms. The van der Waals surface area contributed by atoms with Crippen molar-refractivity contribution in [2.24, 2.45) is 0 Å². The molecule has 1 aliphatic heterocycles. The number of halogens is 2. The SMILES string of the molecule is CN(CCN1CCC(c2c[nH]c3ccccc23)CC1)C(=O)OCCCCCNC(=O)/C=C/c1ccc(Cl)c(Cl)c1. The molecule has 2 N–H and O–H groups in total. The number of ether oxygens (including phenoxy) is 1. The van der Waals surface area contributed by atoms with E-state index in [9.17, 15) is 9.59 Å². The number of carbonyl (C=O) groups is 2. The van der Waals surface area contributed by atoms with Crippen molar-refractivity contribution in [2.75, 3.05) is 46.4 Å². The molecule has 0 radical (unpaired) electrons. The molecule has 1 fully saturated rings. The fourth-order valence-corrected chi connectivity index (χ4v) is 5.32. The van der Waals surface area contributed by atoms with Crippen LogP contribution in [0.4, 0.5) is 4.79 Å². The maximum absolute atomic E-state index is 12.4. The number of benzene rings is 2. The molecule has 0 atom stereocenters. The molecule has 0 unspecified atom stereocenters. The lowest BCUT2D eigenvalue weighted by Crippen LogP contribution is -2.40. The number of para-hydroxylation sites is 1. The lowest BCUT2D eigenvalue weighted by molar-refractivity contribution is -0.116. The van der Waals surface area contributed by atoms with E-state index in [4.69, 9.17) is 27.9 Å². The van der Waals surface area contributed by atoms with Crippen LogP contribution in [0.2, 0.25) is 10.0 Å². The molecular weight excluding hydrogens is 547 g/mol. The zero-order valence-corrected chi connectivity index (χ0v) is 24.5. The number of nitrogens with zero attached hydrogens (tertiary/aromatic N) is 2. The number of nitrogens with one attached hydrogen (secondary N) is 2. The number of unbranched alkanes of at least 4 members (excludes halogenated alkanes) is 2. The summed E-state index contributed by atoms with van der Waals surface area (Å²) >= 11 is 11.9. The number of aromatic nitrogens is 1. The van der Waals surface area contributed by atoms with Crippen LogP contribution in [0.1, 0.15) is 49.1 Å². The number of amides is 2. The number of likely N-dealkylation sites (tertiary alicyclic amines) is 1. The Hall–Kier alpha value is -3.00. The third kappa shape index (κ3) is 8.75. The quantitative estimate of drug-likeness (QED) is 0.183. The number of H-pyrrole nitrogens is 1. The Morgan fingerprint density at radius 1 is 1.10 bits per heavy atom. The van der Waals surface area contributed by atoms with E-state index in [-0.39, 0.29) is 12.0 Å². The summed E-state index contributed by atoms with van der Waals surface area (Å²) in [5.41, 5.74) is 3.44. The van der Waals surface area contributed by atoms with Crippen LogP contribution in [-0.4, -0.2) is 73.2 Å². The van der Waals surface area contributed by atoms with E-state index in [1.54, 1.807) is 36.2 Å². The summed E-state index contributed by atoms with van der Waals surface area (Å²) in [5, 5.41) is 5.12. The van der Waals surface area contributed by atoms with E-state index < -0.39 is 0 Å². The Labute approximate surface area is 246 Å². The number of hydrogen-bond acceptors (Lipinski definition) is 4. The smallest absolute Gasteiger partial charge is 0.409 e. The molecule has 2 aromatic carbocycles. The fraction of sp³-hybridized carbons (Fsp3) is 0.419. The fourth-order valence-electron chi connectivity index (χ4n) is 5.01. The maximum Gasteiger partial charge on any atom is 0.409 e. The number of carbonyl (C=O) groups excluding carboxylic acids is 2. The summed E-state index contributed by atoms with van der Waals surface area (Å²) in [4.78, 5) is 31.8. The molecule has 0 aliphatic carbocycles. The second kappa shape index (κ2) is 15.1. The van der Waals surface area contributed by atoms with Gasteiger partial charge in [-0.25, -0.2) is 4.79 Å². The van der Waals surface area contributed by atoms with Gasteiger partial charge >= 0.3 is 6.09 Å². The third-order valence-corrected chi connectivity index (χ3v) is 8.17. The summed E-state index contributed by atoms with van der Waals surface area (Å²) in [6.45, 7) is 4.52. The summed E-state index contributed by atoms with van der Waals surface area (Å²) < 4.78 is 5.43. The number of aromatic amines is 1. The lowest BCUT2D eigenvalue weighted by atomic mass is 9.89. The van der Waals surface area contributed by atoms with Gasteiger partial charge in [-0.15, -0.1) is 0 Å². The third-order valence-electron chi connectivity index (χ3n) is 7.43. The van der Waals surface area contributed by atoms with Gasteiger partial charge < -0.3 is 24.8 Å². The van der Waals surface area contributed by atoms with Crippen molar-refractivity contribution in [3.8, 4) is 0 Å². The van der Waals surface area contributed by atoms with Gasteiger partial charge in [-0.3, -0.25) is 4.79 Å². The first kappa shape index (κ1) is 30.0. The average molecular weight is 586 g/mol. The number of piperidine rings is 1. The van der Waals surface area contributed by atoms with Gasteiger partial charge in [-0.05, 0) is 86.5 Å². The molecule has 9 heteroatoms. The second-order valence-corrected chi connectivity index (χ2v) is 11.1. The molecule has 0 spiro atoms. The predicted octanol–water partition coefficient (Wildman–Crippen LogP) is 6.72. The highest BCUT2D eigenvalue weighted by atomic mass is 35.5. The normalized spacial score (nSPS) is 14.6. The van der Waals surface area contributed by atoms with Crippen LogP contribution >= 0.6 is 23.2 Å². The number of rotatable bonds is 12. The highest BCUT2D eigenvalue weighted by Gasteiger charge is 2.23. The summed E-state index contributed by atoms with van der Waals surface area (Å²) in [6.07, 6.45) is 9.75. The van der Waals surface area contributed by atoms with Gasteiger partial charge in [-0.1, -0.05) is 47.5 Å². The number of likely N-dealkylation sites (N-methyl/N-ethyl adjacent to an activating group) is 1. The maximum atomic E-state index is 12.4. The van der Waals surface area contributed by atoms with Crippen LogP contribution in [-0.2, 0) is 9.53 Å². The van der Waals surface area contributed by atoms with Crippen LogP contribution in [0, 0.1) is 0 Å². The Balaban J connectivity index is 1.03. The Kier molecular flexibility index (Phi) is 11.3. The Bertz CT molecular complexity index is 1300. The molecule has 1 aromatic heterocycles. The summed E-state index contributed by atoms with van der Waals surface area (Å²) in [7, 11) is 1.79. The van der Waals surface area contributed by atoms with Gasteiger partial charge in [0.1, 0.15) is 0 Å². The molecule has 2 amide bonds. The van der Waals surface area contributed by atoms with Crippen molar-refractivity contribution in [1.82, 2.24) is 20.1 Å². The minimum absolute atomic E-state index is 0.165. The van der Waals surface area contributed by atoms with E-state index in [0.29, 0.717) is 35.7 Å². The van der Waals surface area contributed by atoms with Crippen LogP contribution in [0.5, 0.6) is 0 Å². The number of fused-ring (bicyclic) bond motifs is 1. The van der Waals surface area contributed by atoms with Gasteiger partial charge in [0.05, 0.1) is 16.7 Å². The second-order valence-electron chi connectivity index (χ2n) is 10.3. The van der Waals surface area contributed by atoms with E-state index in [1.165, 1.54) is 22.5 Å². The first-order valence-corrected chi connectivity index (χ1v) is 14.7. The van der Waals surface area contributed by atoms with Gasteiger partial charge in [0.25, 0.3) is 0 Å². The van der Waals surface area contributed by atoms with Crippen molar-refractivity contribution in [1.29, 1.82) is 0 Å². The van der Waals surface area contributed by atoms with E-state index in [1.807, 2.05) is 0 Å². The van der Waals surface area contributed by atoms with Crippen molar-refractivity contribution in [2.45, 2.75) is 38.0 Å². The van der Waals surface area contributed by atoms with E-state index in [0.717, 1.165) is 57.3 Å². The van der Waals surface area contributed by atoms with E-state index in [2.05, 4.69) is 45.7 Å². The highest BCUT2D eigenvalue weighted by molar-refractivity contribution is 6.42. The predicted molar refractivity (Wildman–Crippen MR) is 163 cm³/mol. The molecule has 2 heterocycles. The average Bonchev–Trinajstić information content (AvgIpc) is 3.40.